The lowest BCUT2D eigenvalue weighted by Gasteiger charge is -2.39. The molecule has 2 aliphatic rings. The Balaban J connectivity index is 1.46. The van der Waals surface area contributed by atoms with E-state index >= 15 is 0 Å². The lowest BCUT2D eigenvalue weighted by molar-refractivity contribution is -0.146. The molecule has 1 heterocycles. The summed E-state index contributed by atoms with van der Waals surface area (Å²) < 4.78 is 0. The van der Waals surface area contributed by atoms with E-state index in [4.69, 9.17) is 11.5 Å². The second-order valence-electron chi connectivity index (χ2n) is 15.7. The van der Waals surface area contributed by atoms with Crippen LogP contribution in [0.2, 0.25) is 0 Å². The molecule has 0 saturated heterocycles. The van der Waals surface area contributed by atoms with Crippen molar-refractivity contribution < 1.29 is 28.8 Å². The standard InChI is InChI=1S/C44H57N9O6/c1-26(2)37(49-27(3)54)41(57)52-38(33-22-29-15-8-9-16-30(29)23-33)42(58)50-34(19-12-20-48-44(45)46)43(59)53-25-32-18-11-10-17-31(32)24-36(53)40(56)51-35(39(55)47-4)21-28-13-6-5-7-14-28/h5-11,13-18,26,33-38H,12,19-25H2,1-4H3,(H,47,55)(H,49,54)(H,50,58)(H,51,56)(H,52,57)(H4,45,46,48)/t34-,35-,36-,37-,38-/m0/s1. The van der Waals surface area contributed by atoms with Crippen LogP contribution in [0, 0.1) is 11.8 Å². The number of rotatable bonds is 17. The Labute approximate surface area is 345 Å². The first-order chi connectivity index (χ1) is 28.2. The van der Waals surface area contributed by atoms with E-state index in [0.29, 0.717) is 19.3 Å². The Morgan fingerprint density at radius 1 is 0.729 bits per heavy atom. The Kier molecular flexibility index (Phi) is 15.2. The predicted molar refractivity (Wildman–Crippen MR) is 224 cm³/mol. The molecule has 3 aromatic rings. The summed E-state index contributed by atoms with van der Waals surface area (Å²) in [5.74, 6) is -3.67. The first-order valence-electron chi connectivity index (χ1n) is 20.2. The van der Waals surface area contributed by atoms with Crippen LogP contribution in [0.1, 0.15) is 61.4 Å². The topological polar surface area (TPSA) is 230 Å². The molecule has 0 spiro atoms. The molecule has 0 aromatic heterocycles. The third-order valence-corrected chi connectivity index (χ3v) is 11.0. The van der Waals surface area contributed by atoms with Crippen LogP contribution in [0.25, 0.3) is 0 Å². The molecule has 9 N–H and O–H groups in total. The van der Waals surface area contributed by atoms with Gasteiger partial charge in [-0.2, -0.15) is 0 Å². The van der Waals surface area contributed by atoms with Gasteiger partial charge in [-0.25, -0.2) is 0 Å². The SMILES string of the molecule is CNC(=O)[C@H](Cc1ccccc1)NC(=O)[C@@H]1Cc2ccccc2CN1C(=O)[C@H](CCCN=C(N)N)NC(=O)[C@@H](NC(=O)[C@@H](NC(C)=O)C(C)C)C1Cc2ccccc2C1. The Morgan fingerprint density at radius 2 is 1.32 bits per heavy atom. The van der Waals surface area contributed by atoms with Gasteiger partial charge in [-0.3, -0.25) is 33.8 Å². The lowest BCUT2D eigenvalue weighted by atomic mass is 9.91. The number of carbonyl (C=O) groups excluding carboxylic acids is 6. The molecule has 0 bridgehead atoms. The van der Waals surface area contributed by atoms with Gasteiger partial charge >= 0.3 is 0 Å². The monoisotopic (exact) mass is 807 g/mol. The van der Waals surface area contributed by atoms with Gasteiger partial charge in [0.05, 0.1) is 0 Å². The van der Waals surface area contributed by atoms with E-state index in [9.17, 15) is 28.8 Å². The van der Waals surface area contributed by atoms with E-state index in [1.807, 2.05) is 78.9 Å². The summed E-state index contributed by atoms with van der Waals surface area (Å²) in [6, 6.07) is 19.6. The molecule has 15 nitrogen and oxygen atoms in total. The third kappa shape index (κ3) is 11.7. The highest BCUT2D eigenvalue weighted by Crippen LogP contribution is 2.30. The molecular weight excluding hydrogens is 751 g/mol. The fourth-order valence-corrected chi connectivity index (χ4v) is 7.94. The molecule has 6 amide bonds. The number of carbonyl (C=O) groups is 6. The zero-order valence-electron chi connectivity index (χ0n) is 34.2. The first-order valence-corrected chi connectivity index (χ1v) is 20.2. The van der Waals surface area contributed by atoms with Crippen LogP contribution in [0.4, 0.5) is 0 Å². The molecule has 5 atom stereocenters. The van der Waals surface area contributed by atoms with Gasteiger partial charge in [0.2, 0.25) is 35.4 Å². The minimum absolute atomic E-state index is 0.0710. The number of hydrogen-bond acceptors (Lipinski definition) is 7. The quantitative estimate of drug-likeness (QED) is 0.0590. The van der Waals surface area contributed by atoms with Crippen molar-refractivity contribution in [2.24, 2.45) is 28.3 Å². The summed E-state index contributed by atoms with van der Waals surface area (Å²) in [6.45, 7) is 5.17. The smallest absolute Gasteiger partial charge is 0.246 e. The molecular formula is C44H57N9O6. The normalized spacial score (nSPS) is 16.6. The van der Waals surface area contributed by atoms with E-state index < -0.39 is 53.8 Å². The fraction of sp³-hybridized carbons (Fsp3) is 0.432. The van der Waals surface area contributed by atoms with Crippen molar-refractivity contribution in [3.8, 4) is 0 Å². The number of nitrogens with one attached hydrogen (secondary N) is 5. The molecule has 1 aliphatic heterocycles. The number of benzene rings is 3. The van der Waals surface area contributed by atoms with Crippen LogP contribution in [0.5, 0.6) is 0 Å². The van der Waals surface area contributed by atoms with Crippen LogP contribution >= 0.6 is 0 Å². The summed E-state index contributed by atoms with van der Waals surface area (Å²) in [5, 5.41) is 14.1. The van der Waals surface area contributed by atoms with Crippen LogP contribution in [0.15, 0.2) is 83.9 Å². The Hall–Kier alpha value is -6.25. The van der Waals surface area contributed by atoms with Gasteiger partial charge in [0.1, 0.15) is 30.2 Å². The maximum atomic E-state index is 14.9. The van der Waals surface area contributed by atoms with Crippen LogP contribution in [0.3, 0.4) is 0 Å². The van der Waals surface area contributed by atoms with Crippen molar-refractivity contribution in [1.82, 2.24) is 31.5 Å². The van der Waals surface area contributed by atoms with Crippen molar-refractivity contribution in [3.05, 3.63) is 107 Å². The molecule has 59 heavy (non-hydrogen) atoms. The molecule has 15 heteroatoms. The summed E-state index contributed by atoms with van der Waals surface area (Å²) in [6.07, 6.45) is 1.82. The van der Waals surface area contributed by atoms with Crippen LogP contribution in [-0.2, 0) is 61.0 Å². The number of guanidine groups is 1. The van der Waals surface area contributed by atoms with Gasteiger partial charge in [0.25, 0.3) is 0 Å². The lowest BCUT2D eigenvalue weighted by Crippen LogP contribution is -2.62. The number of nitrogens with two attached hydrogens (primary N) is 2. The van der Waals surface area contributed by atoms with Gasteiger partial charge < -0.3 is 43.0 Å². The molecule has 314 valence electrons. The van der Waals surface area contributed by atoms with E-state index in [-0.39, 0.29) is 62.0 Å². The van der Waals surface area contributed by atoms with Crippen molar-refractivity contribution >= 4 is 41.4 Å². The summed E-state index contributed by atoms with van der Waals surface area (Å²) in [7, 11) is 1.50. The van der Waals surface area contributed by atoms with Crippen molar-refractivity contribution in [3.63, 3.8) is 0 Å². The molecule has 0 unspecified atom stereocenters. The van der Waals surface area contributed by atoms with Gasteiger partial charge in [0.15, 0.2) is 5.96 Å². The largest absolute Gasteiger partial charge is 0.370 e. The van der Waals surface area contributed by atoms with Gasteiger partial charge in [0, 0.05) is 39.9 Å². The number of hydrogen-bond donors (Lipinski definition) is 7. The number of fused-ring (bicyclic) bond motifs is 2. The average Bonchev–Trinajstić information content (AvgIpc) is 3.65. The second-order valence-corrected chi connectivity index (χ2v) is 15.7. The summed E-state index contributed by atoms with van der Waals surface area (Å²) >= 11 is 0. The second kappa shape index (κ2) is 20.4. The summed E-state index contributed by atoms with van der Waals surface area (Å²) in [4.78, 5) is 88.4. The zero-order valence-corrected chi connectivity index (χ0v) is 34.2. The summed E-state index contributed by atoms with van der Waals surface area (Å²) in [5.41, 5.74) is 15.9. The number of nitrogens with zero attached hydrogens (tertiary/aromatic N) is 2. The Morgan fingerprint density at radius 3 is 1.90 bits per heavy atom. The minimum atomic E-state index is -1.16. The van der Waals surface area contributed by atoms with E-state index in [2.05, 4.69) is 31.6 Å². The van der Waals surface area contributed by atoms with Crippen molar-refractivity contribution in [2.45, 2.75) is 96.1 Å². The number of likely N-dealkylation sites (N-methyl/N-ethyl adjacent to an activating group) is 1. The van der Waals surface area contributed by atoms with E-state index in [0.717, 1.165) is 27.8 Å². The van der Waals surface area contributed by atoms with Gasteiger partial charge in [-0.15, -0.1) is 0 Å². The van der Waals surface area contributed by atoms with Crippen LogP contribution in [-0.4, -0.2) is 90.1 Å². The van der Waals surface area contributed by atoms with E-state index in [1.165, 1.54) is 18.9 Å². The number of aliphatic imine (C=N–C) groups is 1. The highest BCUT2D eigenvalue weighted by Gasteiger charge is 2.42. The van der Waals surface area contributed by atoms with Crippen molar-refractivity contribution in [2.75, 3.05) is 13.6 Å². The maximum absolute atomic E-state index is 14.9. The van der Waals surface area contributed by atoms with Crippen molar-refractivity contribution in [1.29, 1.82) is 0 Å². The first kappa shape index (κ1) is 43.9. The predicted octanol–water partition coefficient (Wildman–Crippen LogP) is 1.01. The fourth-order valence-electron chi connectivity index (χ4n) is 7.94. The highest BCUT2D eigenvalue weighted by atomic mass is 16.2. The third-order valence-electron chi connectivity index (χ3n) is 11.0. The zero-order chi connectivity index (χ0) is 42.6. The number of amides is 6. The molecule has 5 rings (SSSR count). The molecule has 1 aliphatic carbocycles. The minimum Gasteiger partial charge on any atom is -0.370 e. The molecule has 0 radical (unpaired) electrons. The molecule has 0 saturated carbocycles. The van der Waals surface area contributed by atoms with E-state index in [1.54, 1.807) is 13.8 Å². The maximum Gasteiger partial charge on any atom is 0.246 e. The van der Waals surface area contributed by atoms with Gasteiger partial charge in [-0.1, -0.05) is 92.7 Å². The molecule has 3 aromatic carbocycles. The highest BCUT2D eigenvalue weighted by molar-refractivity contribution is 5.97. The molecule has 0 fully saturated rings. The van der Waals surface area contributed by atoms with Gasteiger partial charge in [-0.05, 0) is 65.3 Å². The average molecular weight is 808 g/mol. The van der Waals surface area contributed by atoms with Crippen LogP contribution < -0.4 is 38.1 Å². The Bertz CT molecular complexity index is 1990.